The van der Waals surface area contributed by atoms with Gasteiger partial charge in [-0.3, -0.25) is 0 Å². The first-order valence-electron chi connectivity index (χ1n) is 9.27. The van der Waals surface area contributed by atoms with Crippen molar-refractivity contribution in [3.8, 4) is 0 Å². The number of aromatic nitrogens is 4. The maximum Gasteiger partial charge on any atom is 0.321 e. The Hall–Kier alpha value is -3.23. The number of nitrogens with zero attached hydrogens (tertiary/aromatic N) is 6. The number of halogens is 1. The molecule has 0 spiro atoms. The number of aryl methyl sites for hydroxylation is 1. The lowest BCUT2D eigenvalue weighted by Crippen LogP contribution is -2.36. The van der Waals surface area contributed by atoms with Crippen LogP contribution < -0.4 is 10.2 Å². The summed E-state index contributed by atoms with van der Waals surface area (Å²) in [7, 11) is 1.91. The molecule has 2 saturated heterocycles. The summed E-state index contributed by atoms with van der Waals surface area (Å²) in [6.07, 6.45) is 3.32. The highest BCUT2D eigenvalue weighted by molar-refractivity contribution is 5.89. The Balaban J connectivity index is 1.27. The lowest BCUT2D eigenvalue weighted by molar-refractivity contribution is 0.219. The number of imidazole rings is 1. The molecule has 0 aliphatic carbocycles. The van der Waals surface area contributed by atoms with E-state index < -0.39 is 5.82 Å². The molecule has 2 aliphatic rings. The molecule has 3 aromatic rings. The number of anilines is 2. The number of para-hydroxylation sites is 1. The molecular formula is C19H20FN7O. The summed E-state index contributed by atoms with van der Waals surface area (Å²) in [6.45, 7) is 2.93. The number of rotatable bonds is 2. The molecule has 2 atom stereocenters. The van der Waals surface area contributed by atoms with Gasteiger partial charge in [0.25, 0.3) is 0 Å². The summed E-state index contributed by atoms with van der Waals surface area (Å²) in [5.74, 6) is 1.15. The molecule has 0 saturated carbocycles. The minimum absolute atomic E-state index is 0.213. The molecule has 2 unspecified atom stereocenters. The Kier molecular flexibility index (Phi) is 3.88. The fraction of sp³-hybridized carbons (Fsp3) is 0.368. The minimum Gasteiger partial charge on any atom is -0.354 e. The lowest BCUT2D eigenvalue weighted by Gasteiger charge is -2.22. The zero-order valence-corrected chi connectivity index (χ0v) is 15.4. The molecule has 2 aromatic heterocycles. The number of fused-ring (bicyclic) bond motifs is 2. The quantitative estimate of drug-likeness (QED) is 0.736. The number of benzene rings is 1. The largest absolute Gasteiger partial charge is 0.354 e. The van der Waals surface area contributed by atoms with Gasteiger partial charge >= 0.3 is 6.03 Å². The molecule has 0 radical (unpaired) electrons. The first-order chi connectivity index (χ1) is 13.6. The van der Waals surface area contributed by atoms with Crippen molar-refractivity contribution in [2.45, 2.75) is 0 Å². The van der Waals surface area contributed by atoms with Crippen molar-refractivity contribution in [2.75, 3.05) is 36.4 Å². The van der Waals surface area contributed by atoms with Gasteiger partial charge in [0.15, 0.2) is 17.0 Å². The van der Waals surface area contributed by atoms with Crippen molar-refractivity contribution in [2.24, 2.45) is 18.9 Å². The maximum atomic E-state index is 13.8. The van der Waals surface area contributed by atoms with E-state index in [1.54, 1.807) is 35.8 Å². The highest BCUT2D eigenvalue weighted by atomic mass is 19.1. The Bertz CT molecular complexity index is 1040. The van der Waals surface area contributed by atoms with Crippen LogP contribution in [0.15, 0.2) is 36.9 Å². The van der Waals surface area contributed by atoms with Crippen LogP contribution in [-0.2, 0) is 7.05 Å². The van der Waals surface area contributed by atoms with Gasteiger partial charge in [-0.1, -0.05) is 12.1 Å². The van der Waals surface area contributed by atoms with Crippen molar-refractivity contribution < 1.29 is 9.18 Å². The molecule has 1 N–H and O–H groups in total. The van der Waals surface area contributed by atoms with Gasteiger partial charge in [0.1, 0.15) is 12.1 Å². The second-order valence-electron chi connectivity index (χ2n) is 7.47. The smallest absolute Gasteiger partial charge is 0.321 e. The third-order valence-electron chi connectivity index (χ3n) is 5.67. The van der Waals surface area contributed by atoms with Crippen LogP contribution in [0.25, 0.3) is 11.2 Å². The first-order valence-corrected chi connectivity index (χ1v) is 9.27. The van der Waals surface area contributed by atoms with Crippen LogP contribution in [0.1, 0.15) is 0 Å². The zero-order chi connectivity index (χ0) is 19.3. The summed E-state index contributed by atoms with van der Waals surface area (Å²) in [5.41, 5.74) is 1.83. The number of hydrogen-bond acceptors (Lipinski definition) is 5. The van der Waals surface area contributed by atoms with Gasteiger partial charge in [-0.05, 0) is 12.1 Å². The van der Waals surface area contributed by atoms with Gasteiger partial charge in [0.05, 0.1) is 12.0 Å². The molecule has 2 aliphatic heterocycles. The number of nitrogens with one attached hydrogen (secondary N) is 1. The van der Waals surface area contributed by atoms with E-state index in [1.807, 2.05) is 11.6 Å². The van der Waals surface area contributed by atoms with E-state index in [1.165, 1.54) is 6.07 Å². The molecule has 2 amide bonds. The third kappa shape index (κ3) is 2.74. The minimum atomic E-state index is -0.426. The fourth-order valence-electron chi connectivity index (χ4n) is 4.25. The van der Waals surface area contributed by atoms with Gasteiger partial charge < -0.3 is 19.7 Å². The Morgan fingerprint density at radius 2 is 1.86 bits per heavy atom. The molecule has 1 aromatic carbocycles. The van der Waals surface area contributed by atoms with Gasteiger partial charge in [-0.15, -0.1) is 0 Å². The second-order valence-corrected chi connectivity index (χ2v) is 7.47. The van der Waals surface area contributed by atoms with Gasteiger partial charge in [-0.2, -0.15) is 0 Å². The van der Waals surface area contributed by atoms with Crippen molar-refractivity contribution in [1.82, 2.24) is 24.4 Å². The molecule has 5 rings (SSSR count). The fourth-order valence-corrected chi connectivity index (χ4v) is 4.25. The zero-order valence-electron chi connectivity index (χ0n) is 15.4. The topological polar surface area (TPSA) is 79.2 Å². The highest BCUT2D eigenvalue weighted by Gasteiger charge is 2.42. The van der Waals surface area contributed by atoms with E-state index in [0.29, 0.717) is 24.9 Å². The van der Waals surface area contributed by atoms with E-state index in [0.717, 1.165) is 30.1 Å². The molecule has 8 nitrogen and oxygen atoms in total. The monoisotopic (exact) mass is 381 g/mol. The summed E-state index contributed by atoms with van der Waals surface area (Å²) in [5, 5.41) is 2.68. The maximum absolute atomic E-state index is 13.8. The van der Waals surface area contributed by atoms with Crippen LogP contribution in [0, 0.1) is 17.7 Å². The third-order valence-corrected chi connectivity index (χ3v) is 5.67. The second kappa shape index (κ2) is 6.43. The summed E-state index contributed by atoms with van der Waals surface area (Å²) in [6, 6.07) is 5.96. The number of carbonyl (C=O) groups excluding carboxylic acids is 1. The highest BCUT2D eigenvalue weighted by Crippen LogP contribution is 2.35. The average Bonchev–Trinajstić information content (AvgIpc) is 3.37. The normalized spacial score (nSPS) is 21.4. The lowest BCUT2D eigenvalue weighted by atomic mass is 10.0. The number of urea groups is 1. The first kappa shape index (κ1) is 16.9. The summed E-state index contributed by atoms with van der Waals surface area (Å²) < 4.78 is 15.7. The van der Waals surface area contributed by atoms with Crippen molar-refractivity contribution in [3.05, 3.63) is 42.7 Å². The SMILES string of the molecule is Cn1cnc2c(N3CC4CN(C(=O)Nc5ccccc5F)CC4C3)ncnc21. The van der Waals surface area contributed by atoms with Gasteiger partial charge in [0.2, 0.25) is 0 Å². The predicted molar refractivity (Wildman–Crippen MR) is 102 cm³/mol. The molecule has 2 fully saturated rings. The van der Waals surface area contributed by atoms with E-state index in [9.17, 15) is 9.18 Å². The van der Waals surface area contributed by atoms with Crippen molar-refractivity contribution in [1.29, 1.82) is 0 Å². The van der Waals surface area contributed by atoms with Crippen LogP contribution in [0.5, 0.6) is 0 Å². The summed E-state index contributed by atoms with van der Waals surface area (Å²) >= 11 is 0. The molecule has 0 bridgehead atoms. The van der Waals surface area contributed by atoms with Gasteiger partial charge in [-0.25, -0.2) is 24.1 Å². The van der Waals surface area contributed by atoms with Crippen molar-refractivity contribution in [3.63, 3.8) is 0 Å². The standard InChI is InChI=1S/C19H20FN7O/c1-25-11-23-16-17(25)21-10-22-18(16)26-6-12-8-27(9-13(12)7-26)19(28)24-15-5-3-2-4-14(15)20/h2-5,10-13H,6-9H2,1H3,(H,24,28). The number of likely N-dealkylation sites (tertiary alicyclic amines) is 1. The van der Waals surface area contributed by atoms with Gasteiger partial charge in [0, 0.05) is 45.1 Å². The van der Waals surface area contributed by atoms with Crippen LogP contribution in [0.4, 0.5) is 20.7 Å². The van der Waals surface area contributed by atoms with Crippen LogP contribution in [-0.4, -0.2) is 56.6 Å². The molecular weight excluding hydrogens is 361 g/mol. The predicted octanol–water partition coefficient (Wildman–Crippen LogP) is 2.10. The van der Waals surface area contributed by atoms with Crippen molar-refractivity contribution >= 4 is 28.7 Å². The van der Waals surface area contributed by atoms with Crippen LogP contribution in [0.2, 0.25) is 0 Å². The molecule has 9 heteroatoms. The number of hydrogen-bond donors (Lipinski definition) is 1. The van der Waals surface area contributed by atoms with E-state index in [2.05, 4.69) is 25.2 Å². The Morgan fingerprint density at radius 3 is 2.61 bits per heavy atom. The van der Waals surface area contributed by atoms with Crippen LogP contribution in [0.3, 0.4) is 0 Å². The number of amides is 2. The Morgan fingerprint density at radius 1 is 1.11 bits per heavy atom. The summed E-state index contributed by atoms with van der Waals surface area (Å²) in [4.78, 5) is 29.7. The van der Waals surface area contributed by atoms with E-state index in [4.69, 9.17) is 0 Å². The Labute approximate surface area is 161 Å². The van der Waals surface area contributed by atoms with Crippen LogP contribution >= 0.6 is 0 Å². The van der Waals surface area contributed by atoms with E-state index >= 15 is 0 Å². The molecule has 144 valence electrons. The molecule has 28 heavy (non-hydrogen) atoms. The van der Waals surface area contributed by atoms with E-state index in [-0.39, 0.29) is 11.7 Å². The number of carbonyl (C=O) groups is 1. The molecule has 4 heterocycles. The average molecular weight is 381 g/mol.